The molecule has 0 bridgehead atoms. The molecule has 2 saturated heterocycles. The van der Waals surface area contributed by atoms with Gasteiger partial charge in [0.25, 0.3) is 5.91 Å². The molecule has 2 aromatic rings. The number of amides is 2. The van der Waals surface area contributed by atoms with Crippen LogP contribution in [0.2, 0.25) is 0 Å². The molecule has 2 aliphatic heterocycles. The smallest absolute Gasteiger partial charge is 0.410 e. The second-order valence-electron chi connectivity index (χ2n) is 8.64. The summed E-state index contributed by atoms with van der Waals surface area (Å²) in [6.45, 7) is 3.02. The monoisotopic (exact) mass is 441 g/mol. The highest BCUT2D eigenvalue weighted by atomic mass is 35.5. The fraction of sp³-hybridized carbons (Fsp3) is 0.455. The first-order valence-corrected chi connectivity index (χ1v) is 11.0. The Balaban J connectivity index is 1.10. The first kappa shape index (κ1) is 20.1. The molecule has 8 nitrogen and oxygen atoms in total. The SMILES string of the molecule is O=C(OCC1=CCCC(Cl)=C1)N1CCC2(CC1)CN(C(=O)c1ccc3n[nH]nc3c1)C2. The Morgan fingerprint density at radius 1 is 1.13 bits per heavy atom. The number of benzene rings is 1. The van der Waals surface area contributed by atoms with E-state index in [4.69, 9.17) is 16.3 Å². The molecule has 1 aromatic carbocycles. The fourth-order valence-electron chi connectivity index (χ4n) is 4.61. The number of rotatable bonds is 3. The van der Waals surface area contributed by atoms with Gasteiger partial charge in [0, 0.05) is 42.2 Å². The van der Waals surface area contributed by atoms with Gasteiger partial charge in [0.2, 0.25) is 0 Å². The largest absolute Gasteiger partial charge is 0.445 e. The quantitative estimate of drug-likeness (QED) is 0.787. The molecule has 1 aromatic heterocycles. The van der Waals surface area contributed by atoms with Crippen LogP contribution in [-0.4, -0.2) is 70.0 Å². The van der Waals surface area contributed by atoms with Gasteiger partial charge in [0.15, 0.2) is 0 Å². The highest BCUT2D eigenvalue weighted by molar-refractivity contribution is 6.29. The zero-order valence-electron chi connectivity index (χ0n) is 17.1. The summed E-state index contributed by atoms with van der Waals surface area (Å²) in [5.41, 5.74) is 3.12. The van der Waals surface area contributed by atoms with Crippen molar-refractivity contribution in [2.75, 3.05) is 32.8 Å². The number of carbonyl (C=O) groups excluding carboxylic acids is 2. The molecular formula is C22H24ClN5O3. The molecule has 2 amide bonds. The number of H-pyrrole nitrogens is 1. The molecule has 31 heavy (non-hydrogen) atoms. The van der Waals surface area contributed by atoms with E-state index in [0.29, 0.717) is 24.2 Å². The molecule has 3 heterocycles. The summed E-state index contributed by atoms with van der Waals surface area (Å²) in [7, 11) is 0. The predicted octanol–water partition coefficient (Wildman–Crippen LogP) is 3.48. The van der Waals surface area contributed by atoms with Crippen LogP contribution in [0.25, 0.3) is 11.0 Å². The molecule has 3 aliphatic rings. The molecule has 5 rings (SSSR count). The zero-order chi connectivity index (χ0) is 21.4. The van der Waals surface area contributed by atoms with E-state index in [1.165, 1.54) is 0 Å². The Morgan fingerprint density at radius 3 is 2.68 bits per heavy atom. The summed E-state index contributed by atoms with van der Waals surface area (Å²) < 4.78 is 5.47. The van der Waals surface area contributed by atoms with Gasteiger partial charge in [-0.2, -0.15) is 15.4 Å². The number of allylic oxidation sites excluding steroid dienone is 2. The minimum Gasteiger partial charge on any atom is -0.445 e. The Morgan fingerprint density at radius 2 is 1.90 bits per heavy atom. The molecule has 0 saturated carbocycles. The van der Waals surface area contributed by atoms with Crippen molar-refractivity contribution < 1.29 is 14.3 Å². The summed E-state index contributed by atoms with van der Waals surface area (Å²) in [4.78, 5) is 28.9. The molecule has 0 unspecified atom stereocenters. The van der Waals surface area contributed by atoms with Gasteiger partial charge in [0.05, 0.1) is 0 Å². The maximum Gasteiger partial charge on any atom is 0.410 e. The lowest BCUT2D eigenvalue weighted by Gasteiger charge is -2.53. The Kier molecular flexibility index (Phi) is 5.17. The van der Waals surface area contributed by atoms with E-state index in [9.17, 15) is 9.59 Å². The third kappa shape index (κ3) is 4.04. The van der Waals surface area contributed by atoms with Crippen molar-refractivity contribution in [2.24, 2.45) is 5.41 Å². The van der Waals surface area contributed by atoms with Crippen molar-refractivity contribution in [3.8, 4) is 0 Å². The van der Waals surface area contributed by atoms with Gasteiger partial charge in [-0.3, -0.25) is 4.79 Å². The van der Waals surface area contributed by atoms with Gasteiger partial charge >= 0.3 is 6.09 Å². The van der Waals surface area contributed by atoms with Crippen LogP contribution >= 0.6 is 11.6 Å². The first-order valence-electron chi connectivity index (χ1n) is 10.6. The molecule has 0 atom stereocenters. The molecule has 1 N–H and O–H groups in total. The van der Waals surface area contributed by atoms with Crippen molar-refractivity contribution in [2.45, 2.75) is 25.7 Å². The summed E-state index contributed by atoms with van der Waals surface area (Å²) in [5, 5.41) is 11.4. The van der Waals surface area contributed by atoms with Crippen LogP contribution in [0.5, 0.6) is 0 Å². The first-order chi connectivity index (χ1) is 15.0. The van der Waals surface area contributed by atoms with Gasteiger partial charge in [-0.15, -0.1) is 0 Å². The fourth-order valence-corrected chi connectivity index (χ4v) is 4.86. The number of nitrogens with zero attached hydrogens (tertiary/aromatic N) is 4. The number of aromatic nitrogens is 3. The summed E-state index contributed by atoms with van der Waals surface area (Å²) >= 11 is 6.06. The van der Waals surface area contributed by atoms with Crippen molar-refractivity contribution in [3.05, 3.63) is 46.5 Å². The molecular weight excluding hydrogens is 418 g/mol. The summed E-state index contributed by atoms with van der Waals surface area (Å²) in [6, 6.07) is 5.37. The molecule has 9 heteroatoms. The van der Waals surface area contributed by atoms with Crippen molar-refractivity contribution in [3.63, 3.8) is 0 Å². The van der Waals surface area contributed by atoms with E-state index in [1.54, 1.807) is 23.1 Å². The van der Waals surface area contributed by atoms with E-state index < -0.39 is 0 Å². The number of likely N-dealkylation sites (tertiary alicyclic amines) is 2. The van der Waals surface area contributed by atoms with Gasteiger partial charge in [-0.05, 0) is 55.5 Å². The number of nitrogens with one attached hydrogen (secondary N) is 1. The summed E-state index contributed by atoms with van der Waals surface area (Å²) in [5.74, 6) is 0.0184. The highest BCUT2D eigenvalue weighted by Crippen LogP contribution is 2.41. The van der Waals surface area contributed by atoms with Crippen LogP contribution in [0.4, 0.5) is 4.79 Å². The Labute approximate surface area is 184 Å². The average Bonchev–Trinajstić information content (AvgIpc) is 3.23. The van der Waals surface area contributed by atoms with Crippen LogP contribution in [0.15, 0.2) is 41.0 Å². The minimum absolute atomic E-state index is 0.0184. The maximum absolute atomic E-state index is 12.8. The summed E-state index contributed by atoms with van der Waals surface area (Å²) in [6.07, 6.45) is 7.15. The molecule has 162 valence electrons. The molecule has 2 fully saturated rings. The minimum atomic E-state index is -0.279. The van der Waals surface area contributed by atoms with Crippen LogP contribution < -0.4 is 0 Å². The van der Waals surface area contributed by atoms with E-state index in [1.807, 2.05) is 11.0 Å². The number of hydrogen-bond donors (Lipinski definition) is 1. The standard InChI is InChI=1S/C22H24ClN5O3/c23-17-3-1-2-15(10-17)12-31-21(30)27-8-6-22(7-9-27)13-28(14-22)20(29)16-4-5-18-19(11-16)25-26-24-18/h2,4-5,10-11H,1,3,6-9,12-14H2,(H,24,25,26). The van der Waals surface area contributed by atoms with Crippen LogP contribution in [0, 0.1) is 5.41 Å². The molecule has 0 radical (unpaired) electrons. The number of fused-ring (bicyclic) bond motifs is 1. The highest BCUT2D eigenvalue weighted by Gasteiger charge is 2.47. The van der Waals surface area contributed by atoms with E-state index in [0.717, 1.165) is 54.9 Å². The third-order valence-corrected chi connectivity index (χ3v) is 6.78. The maximum atomic E-state index is 12.8. The molecule has 1 aliphatic carbocycles. The number of ether oxygens (including phenoxy) is 1. The van der Waals surface area contributed by atoms with Crippen LogP contribution in [0.3, 0.4) is 0 Å². The number of carbonyl (C=O) groups is 2. The topological polar surface area (TPSA) is 91.4 Å². The van der Waals surface area contributed by atoms with Gasteiger partial charge in [-0.1, -0.05) is 17.7 Å². The Hall–Kier alpha value is -2.87. The number of halogens is 1. The number of hydrogen-bond acceptors (Lipinski definition) is 5. The third-order valence-electron chi connectivity index (χ3n) is 6.48. The van der Waals surface area contributed by atoms with Crippen LogP contribution in [-0.2, 0) is 4.74 Å². The molecule has 1 spiro atoms. The lowest BCUT2D eigenvalue weighted by atomic mass is 9.72. The van der Waals surface area contributed by atoms with Crippen molar-refractivity contribution >= 4 is 34.6 Å². The predicted molar refractivity (Wildman–Crippen MR) is 116 cm³/mol. The number of piperidine rings is 1. The van der Waals surface area contributed by atoms with Gasteiger partial charge < -0.3 is 14.5 Å². The van der Waals surface area contributed by atoms with E-state index in [-0.39, 0.29) is 24.0 Å². The van der Waals surface area contributed by atoms with Crippen molar-refractivity contribution in [1.82, 2.24) is 25.2 Å². The number of aromatic amines is 1. The van der Waals surface area contributed by atoms with Crippen LogP contribution in [0.1, 0.15) is 36.0 Å². The second kappa shape index (κ2) is 8.00. The average molecular weight is 442 g/mol. The normalized spacial score (nSPS) is 20.3. The van der Waals surface area contributed by atoms with Crippen molar-refractivity contribution in [1.29, 1.82) is 0 Å². The Bertz CT molecular complexity index is 1080. The van der Waals surface area contributed by atoms with Gasteiger partial charge in [0.1, 0.15) is 17.6 Å². The lowest BCUT2D eigenvalue weighted by Crippen LogP contribution is -2.62. The van der Waals surface area contributed by atoms with E-state index >= 15 is 0 Å². The second-order valence-corrected chi connectivity index (χ2v) is 9.12. The lowest BCUT2D eigenvalue weighted by molar-refractivity contribution is -0.0310. The zero-order valence-corrected chi connectivity index (χ0v) is 17.9. The van der Waals surface area contributed by atoms with Gasteiger partial charge in [-0.25, -0.2) is 4.79 Å². The van der Waals surface area contributed by atoms with E-state index in [2.05, 4.69) is 21.5 Å².